The highest BCUT2D eigenvalue weighted by Crippen LogP contribution is 2.14. The highest BCUT2D eigenvalue weighted by molar-refractivity contribution is 7.91. The molecule has 16 heavy (non-hydrogen) atoms. The minimum absolute atomic E-state index is 0.212. The van der Waals surface area contributed by atoms with Crippen molar-refractivity contribution in [3.8, 4) is 0 Å². The van der Waals surface area contributed by atoms with E-state index in [2.05, 4.69) is 9.46 Å². The fourth-order valence-electron chi connectivity index (χ4n) is 1.03. The van der Waals surface area contributed by atoms with Crippen molar-refractivity contribution in [3.63, 3.8) is 0 Å². The molecule has 0 saturated carbocycles. The average molecular weight is 263 g/mol. The topological polar surface area (TPSA) is 72.5 Å². The van der Waals surface area contributed by atoms with E-state index in [0.29, 0.717) is 6.42 Å². The highest BCUT2D eigenvalue weighted by atomic mass is 32.2. The van der Waals surface area contributed by atoms with Gasteiger partial charge in [0.25, 0.3) is 0 Å². The zero-order valence-corrected chi connectivity index (χ0v) is 10.4. The zero-order valence-electron chi connectivity index (χ0n) is 8.80. The van der Waals surface area contributed by atoms with E-state index in [9.17, 15) is 13.2 Å². The van der Waals surface area contributed by atoms with Crippen molar-refractivity contribution in [2.24, 2.45) is 0 Å². The minimum Gasteiger partial charge on any atom is -0.469 e. The molecule has 1 rings (SSSR count). The summed E-state index contributed by atoms with van der Waals surface area (Å²) in [5.41, 5.74) is 0. The van der Waals surface area contributed by atoms with Crippen LogP contribution in [0.5, 0.6) is 0 Å². The minimum atomic E-state index is -3.41. The summed E-state index contributed by atoms with van der Waals surface area (Å²) in [6, 6.07) is 3.21. The van der Waals surface area contributed by atoms with E-state index < -0.39 is 10.0 Å². The second-order valence-electron chi connectivity index (χ2n) is 3.01. The van der Waals surface area contributed by atoms with Crippen molar-refractivity contribution in [2.75, 3.05) is 13.7 Å². The largest absolute Gasteiger partial charge is 0.469 e. The number of esters is 1. The van der Waals surface area contributed by atoms with Gasteiger partial charge in [-0.05, 0) is 17.9 Å². The van der Waals surface area contributed by atoms with Gasteiger partial charge in [0, 0.05) is 13.0 Å². The normalized spacial score (nSPS) is 11.3. The van der Waals surface area contributed by atoms with Crippen molar-refractivity contribution in [1.29, 1.82) is 0 Å². The van der Waals surface area contributed by atoms with Crippen LogP contribution in [0.1, 0.15) is 12.8 Å². The predicted molar refractivity (Wildman–Crippen MR) is 60.8 cm³/mol. The zero-order chi connectivity index (χ0) is 12.0. The van der Waals surface area contributed by atoms with Crippen LogP contribution in [-0.4, -0.2) is 28.0 Å². The SMILES string of the molecule is COC(=O)CCCNS(=O)(=O)c1cccs1. The number of hydrogen-bond donors (Lipinski definition) is 1. The number of methoxy groups -OCH3 is 1. The Hall–Kier alpha value is -0.920. The fraction of sp³-hybridized carbons (Fsp3) is 0.444. The molecule has 1 aromatic rings. The van der Waals surface area contributed by atoms with E-state index in [1.807, 2.05) is 0 Å². The Balaban J connectivity index is 2.36. The Labute approximate surface area is 98.5 Å². The molecule has 0 saturated heterocycles. The maximum Gasteiger partial charge on any atom is 0.305 e. The van der Waals surface area contributed by atoms with Crippen LogP contribution in [0, 0.1) is 0 Å². The van der Waals surface area contributed by atoms with Crippen molar-refractivity contribution in [3.05, 3.63) is 17.5 Å². The first-order valence-corrected chi connectivity index (χ1v) is 7.02. The van der Waals surface area contributed by atoms with Gasteiger partial charge in [0.2, 0.25) is 10.0 Å². The number of thiophene rings is 1. The fourth-order valence-corrected chi connectivity index (χ4v) is 3.14. The van der Waals surface area contributed by atoms with Crippen molar-refractivity contribution >= 4 is 27.3 Å². The first-order valence-electron chi connectivity index (χ1n) is 4.66. The molecule has 0 aromatic carbocycles. The summed E-state index contributed by atoms with van der Waals surface area (Å²) in [6.45, 7) is 0.231. The van der Waals surface area contributed by atoms with E-state index in [4.69, 9.17) is 0 Å². The van der Waals surface area contributed by atoms with E-state index in [0.717, 1.165) is 11.3 Å². The molecule has 0 atom stereocenters. The summed E-state index contributed by atoms with van der Waals surface area (Å²) in [5.74, 6) is -0.338. The van der Waals surface area contributed by atoms with Gasteiger partial charge in [-0.15, -0.1) is 11.3 Å². The van der Waals surface area contributed by atoms with Crippen LogP contribution in [0.15, 0.2) is 21.7 Å². The second-order valence-corrected chi connectivity index (χ2v) is 5.95. The van der Waals surface area contributed by atoms with Crippen molar-refractivity contribution in [2.45, 2.75) is 17.1 Å². The van der Waals surface area contributed by atoms with Gasteiger partial charge in [-0.25, -0.2) is 13.1 Å². The van der Waals surface area contributed by atoms with Gasteiger partial charge in [0.05, 0.1) is 7.11 Å². The van der Waals surface area contributed by atoms with Crippen LogP contribution in [0.4, 0.5) is 0 Å². The van der Waals surface area contributed by atoms with Crippen LogP contribution < -0.4 is 4.72 Å². The standard InChI is InChI=1S/C9H13NO4S2/c1-14-8(11)4-2-6-10-16(12,13)9-5-3-7-15-9/h3,5,7,10H,2,4,6H2,1H3. The summed E-state index contributed by atoms with van der Waals surface area (Å²) in [7, 11) is -2.10. The first kappa shape index (κ1) is 13.1. The molecule has 0 aliphatic rings. The van der Waals surface area contributed by atoms with Crippen LogP contribution >= 0.6 is 11.3 Å². The van der Waals surface area contributed by atoms with Crippen LogP contribution in [0.3, 0.4) is 0 Å². The molecular formula is C9H13NO4S2. The third kappa shape index (κ3) is 3.92. The molecule has 0 spiro atoms. The van der Waals surface area contributed by atoms with Gasteiger partial charge >= 0.3 is 5.97 Å². The number of rotatable bonds is 6. The second kappa shape index (κ2) is 5.97. The van der Waals surface area contributed by atoms with E-state index in [-0.39, 0.29) is 23.1 Å². The van der Waals surface area contributed by atoms with E-state index in [1.54, 1.807) is 11.4 Å². The maximum atomic E-state index is 11.6. The summed E-state index contributed by atoms with van der Waals surface area (Å²) in [4.78, 5) is 10.8. The molecule has 0 radical (unpaired) electrons. The lowest BCUT2D eigenvalue weighted by Gasteiger charge is -2.03. The molecular weight excluding hydrogens is 250 g/mol. The third-order valence-electron chi connectivity index (χ3n) is 1.84. The summed E-state index contributed by atoms with van der Waals surface area (Å²) in [5, 5.41) is 1.70. The number of carbonyl (C=O) groups excluding carboxylic acids is 1. The lowest BCUT2D eigenvalue weighted by atomic mass is 10.3. The summed E-state index contributed by atoms with van der Waals surface area (Å²) < 4.78 is 30.3. The molecule has 0 bridgehead atoms. The summed E-state index contributed by atoms with van der Waals surface area (Å²) in [6.07, 6.45) is 0.640. The average Bonchev–Trinajstić information content (AvgIpc) is 2.78. The third-order valence-corrected chi connectivity index (χ3v) is 4.70. The van der Waals surface area contributed by atoms with Gasteiger partial charge in [-0.2, -0.15) is 0 Å². The van der Waals surface area contributed by atoms with Crippen molar-refractivity contribution < 1.29 is 17.9 Å². The first-order chi connectivity index (χ1) is 7.56. The molecule has 1 heterocycles. The lowest BCUT2D eigenvalue weighted by Crippen LogP contribution is -2.24. The maximum absolute atomic E-state index is 11.6. The summed E-state index contributed by atoms with van der Waals surface area (Å²) >= 11 is 1.16. The van der Waals surface area contributed by atoms with Gasteiger partial charge in [-0.1, -0.05) is 6.07 Å². The molecule has 7 heteroatoms. The number of ether oxygens (including phenoxy) is 1. The Morgan fingerprint density at radius 3 is 2.88 bits per heavy atom. The van der Waals surface area contributed by atoms with Gasteiger partial charge in [0.15, 0.2) is 0 Å². The number of sulfonamides is 1. The molecule has 0 amide bonds. The molecule has 0 aliphatic heterocycles. The van der Waals surface area contributed by atoms with Crippen LogP contribution in [0.2, 0.25) is 0 Å². The van der Waals surface area contributed by atoms with E-state index >= 15 is 0 Å². The smallest absolute Gasteiger partial charge is 0.305 e. The molecule has 90 valence electrons. The monoisotopic (exact) mass is 263 g/mol. The quantitative estimate of drug-likeness (QED) is 0.613. The number of hydrogen-bond acceptors (Lipinski definition) is 5. The van der Waals surface area contributed by atoms with Crippen molar-refractivity contribution in [1.82, 2.24) is 4.72 Å². The Bertz CT molecular complexity index is 424. The molecule has 0 unspecified atom stereocenters. The lowest BCUT2D eigenvalue weighted by molar-refractivity contribution is -0.140. The molecule has 0 aliphatic carbocycles. The molecule has 0 fully saturated rings. The van der Waals surface area contributed by atoms with Gasteiger partial charge in [-0.3, -0.25) is 4.79 Å². The Kier molecular flexibility index (Phi) is 4.91. The number of carbonyl (C=O) groups is 1. The Morgan fingerprint density at radius 1 is 1.56 bits per heavy atom. The van der Waals surface area contributed by atoms with E-state index in [1.165, 1.54) is 13.2 Å². The molecule has 1 aromatic heterocycles. The molecule has 1 N–H and O–H groups in total. The number of nitrogens with one attached hydrogen (secondary N) is 1. The van der Waals surface area contributed by atoms with Gasteiger partial charge in [0.1, 0.15) is 4.21 Å². The molecule has 5 nitrogen and oxygen atoms in total. The van der Waals surface area contributed by atoms with Gasteiger partial charge < -0.3 is 4.74 Å². The van der Waals surface area contributed by atoms with Crippen LogP contribution in [0.25, 0.3) is 0 Å². The predicted octanol–water partition coefficient (Wildman–Crippen LogP) is 0.980. The highest BCUT2D eigenvalue weighted by Gasteiger charge is 2.13. The Morgan fingerprint density at radius 2 is 2.31 bits per heavy atom. The van der Waals surface area contributed by atoms with Crippen LogP contribution in [-0.2, 0) is 19.6 Å².